The molecule has 3 heterocycles. The summed E-state index contributed by atoms with van der Waals surface area (Å²) in [6.07, 6.45) is 0.973. The van der Waals surface area contributed by atoms with Crippen molar-refractivity contribution in [2.45, 2.75) is 58.3 Å². The van der Waals surface area contributed by atoms with E-state index in [-0.39, 0.29) is 12.0 Å². The Bertz CT molecular complexity index is 1120. The highest BCUT2D eigenvalue weighted by Crippen LogP contribution is 2.32. The largest absolute Gasteiger partial charge is 0.405 e. The number of anilines is 1. The molecule has 0 spiro atoms. The summed E-state index contributed by atoms with van der Waals surface area (Å²) in [4.78, 5) is 25.9. The molecule has 0 saturated carbocycles. The number of hydrogen-bond acceptors (Lipinski definition) is 5. The summed E-state index contributed by atoms with van der Waals surface area (Å²) in [7, 11) is 0. The van der Waals surface area contributed by atoms with Crippen LogP contribution in [-0.4, -0.2) is 43.7 Å². The van der Waals surface area contributed by atoms with Gasteiger partial charge in [-0.2, -0.15) is 13.2 Å². The molecule has 0 bridgehead atoms. The van der Waals surface area contributed by atoms with E-state index in [9.17, 15) is 18.0 Å². The second-order valence-corrected chi connectivity index (χ2v) is 8.83. The number of amides is 1. The van der Waals surface area contributed by atoms with Gasteiger partial charge in [0.25, 0.3) is 0 Å². The van der Waals surface area contributed by atoms with Gasteiger partial charge in [0.05, 0.1) is 0 Å². The molecule has 10 heteroatoms. The minimum atomic E-state index is -4.48. The molecule has 3 rings (SSSR count). The lowest BCUT2D eigenvalue weighted by atomic mass is 9.97. The molecular formula is C22H27F3N6O. The third-order valence-corrected chi connectivity index (χ3v) is 5.24. The lowest BCUT2D eigenvalue weighted by molar-refractivity contribution is -0.140. The minimum Gasteiger partial charge on any atom is -0.356 e. The number of alkyl halides is 3. The van der Waals surface area contributed by atoms with Crippen molar-refractivity contribution >= 4 is 22.8 Å². The van der Waals surface area contributed by atoms with Gasteiger partial charge in [-0.15, -0.1) is 0 Å². The highest BCUT2D eigenvalue weighted by molar-refractivity contribution is 5.92. The summed E-state index contributed by atoms with van der Waals surface area (Å²) in [6.45, 7) is 8.06. The summed E-state index contributed by atoms with van der Waals surface area (Å²) in [5, 5.41) is 5.80. The Hall–Kier alpha value is -3.17. The van der Waals surface area contributed by atoms with E-state index in [0.717, 1.165) is 16.6 Å². The molecule has 0 saturated heterocycles. The summed E-state index contributed by atoms with van der Waals surface area (Å²) >= 11 is 0. The van der Waals surface area contributed by atoms with Gasteiger partial charge in [0, 0.05) is 35.1 Å². The number of nitrogens with one attached hydrogen (secondary N) is 2. The van der Waals surface area contributed by atoms with E-state index in [2.05, 4.69) is 41.0 Å². The first-order valence-corrected chi connectivity index (χ1v) is 10.3. The van der Waals surface area contributed by atoms with Crippen LogP contribution in [0, 0.1) is 0 Å². The Morgan fingerprint density at radius 1 is 1.09 bits per heavy atom. The molecule has 0 fully saturated rings. The number of nitrogens with zero attached hydrogens (tertiary/aromatic N) is 4. The molecule has 0 radical (unpaired) electrons. The van der Waals surface area contributed by atoms with Crippen molar-refractivity contribution in [1.29, 1.82) is 0 Å². The maximum Gasteiger partial charge on any atom is 0.405 e. The number of fused-ring (bicyclic) bond motifs is 1. The van der Waals surface area contributed by atoms with Crippen LogP contribution in [0.2, 0.25) is 0 Å². The molecular weight excluding hydrogens is 421 g/mol. The number of pyridine rings is 1. The van der Waals surface area contributed by atoms with Gasteiger partial charge in [0.2, 0.25) is 5.91 Å². The molecule has 1 atom stereocenters. The topological polar surface area (TPSA) is 84.7 Å². The van der Waals surface area contributed by atoms with Crippen LogP contribution < -0.4 is 10.6 Å². The molecule has 3 aromatic heterocycles. The van der Waals surface area contributed by atoms with Crippen LogP contribution in [0.3, 0.4) is 0 Å². The van der Waals surface area contributed by atoms with Crippen molar-refractivity contribution in [3.63, 3.8) is 0 Å². The van der Waals surface area contributed by atoms with E-state index in [1.165, 1.54) is 6.92 Å². The maximum absolute atomic E-state index is 12.5. The average Bonchev–Trinajstić information content (AvgIpc) is 3.12. The molecule has 0 unspecified atom stereocenters. The van der Waals surface area contributed by atoms with Crippen molar-refractivity contribution < 1.29 is 18.0 Å². The number of rotatable bonds is 6. The first-order chi connectivity index (χ1) is 14.8. The second-order valence-electron chi connectivity index (χ2n) is 8.83. The third kappa shape index (κ3) is 5.00. The summed E-state index contributed by atoms with van der Waals surface area (Å²) in [6, 6.07) is 5.35. The van der Waals surface area contributed by atoms with Gasteiger partial charge in [-0.05, 0) is 52.3 Å². The average molecular weight is 448 g/mol. The van der Waals surface area contributed by atoms with E-state index in [4.69, 9.17) is 0 Å². The van der Waals surface area contributed by atoms with E-state index < -0.39 is 24.2 Å². The molecule has 1 amide bonds. The number of carbonyl (C=O) groups excluding carboxylic acids is 1. The SMILES string of the molecule is CC[C@@](C)(Nc1ccnc(-c2cn(C(C)(C)C)c3ncccc23)n1)C(=O)NCC(F)(F)F. The molecule has 3 aromatic rings. The molecule has 0 aromatic carbocycles. The quantitative estimate of drug-likeness (QED) is 0.580. The number of aromatic nitrogens is 4. The summed E-state index contributed by atoms with van der Waals surface area (Å²) < 4.78 is 39.6. The number of halogens is 3. The predicted molar refractivity (Wildman–Crippen MR) is 117 cm³/mol. The van der Waals surface area contributed by atoms with Crippen LogP contribution in [0.4, 0.5) is 19.0 Å². The lowest BCUT2D eigenvalue weighted by Gasteiger charge is -2.29. The van der Waals surface area contributed by atoms with E-state index in [1.54, 1.807) is 25.4 Å². The fraction of sp³-hybridized carbons (Fsp3) is 0.455. The van der Waals surface area contributed by atoms with E-state index >= 15 is 0 Å². The highest BCUT2D eigenvalue weighted by atomic mass is 19.4. The molecule has 0 aliphatic carbocycles. The zero-order valence-corrected chi connectivity index (χ0v) is 18.7. The molecule has 172 valence electrons. The normalized spacial score (nSPS) is 14.2. The minimum absolute atomic E-state index is 0.224. The zero-order valence-electron chi connectivity index (χ0n) is 18.7. The lowest BCUT2D eigenvalue weighted by Crippen LogP contribution is -2.52. The van der Waals surface area contributed by atoms with Crippen molar-refractivity contribution in [3.05, 3.63) is 36.8 Å². The number of hydrogen-bond donors (Lipinski definition) is 2. The molecule has 0 aliphatic rings. The summed E-state index contributed by atoms with van der Waals surface area (Å²) in [5.74, 6) is -0.00164. The van der Waals surface area contributed by atoms with E-state index in [1.807, 2.05) is 28.2 Å². The first kappa shape index (κ1) is 23.5. The fourth-order valence-corrected chi connectivity index (χ4v) is 3.27. The second kappa shape index (κ2) is 8.40. The van der Waals surface area contributed by atoms with Crippen LogP contribution in [-0.2, 0) is 10.3 Å². The molecule has 0 aliphatic heterocycles. The van der Waals surface area contributed by atoms with Crippen molar-refractivity contribution in [1.82, 2.24) is 24.8 Å². The third-order valence-electron chi connectivity index (χ3n) is 5.24. The Balaban J connectivity index is 1.95. The van der Waals surface area contributed by atoms with Gasteiger partial charge in [-0.3, -0.25) is 4.79 Å². The first-order valence-electron chi connectivity index (χ1n) is 10.3. The van der Waals surface area contributed by atoms with Gasteiger partial charge in [0.1, 0.15) is 23.5 Å². The Morgan fingerprint density at radius 3 is 2.44 bits per heavy atom. The number of carbonyl (C=O) groups is 1. The van der Waals surface area contributed by atoms with Gasteiger partial charge in [0.15, 0.2) is 5.82 Å². The zero-order chi connectivity index (χ0) is 23.7. The Kier molecular flexibility index (Phi) is 6.17. The monoisotopic (exact) mass is 448 g/mol. The van der Waals surface area contributed by atoms with Gasteiger partial charge >= 0.3 is 6.18 Å². The van der Waals surface area contributed by atoms with Gasteiger partial charge < -0.3 is 15.2 Å². The smallest absolute Gasteiger partial charge is 0.356 e. The molecule has 32 heavy (non-hydrogen) atoms. The van der Waals surface area contributed by atoms with Gasteiger partial charge in [-0.1, -0.05) is 6.92 Å². The van der Waals surface area contributed by atoms with Crippen LogP contribution in [0.25, 0.3) is 22.4 Å². The molecule has 7 nitrogen and oxygen atoms in total. The predicted octanol–water partition coefficient (Wildman–Crippen LogP) is 4.51. The van der Waals surface area contributed by atoms with Crippen LogP contribution in [0.1, 0.15) is 41.0 Å². The standard InChI is InChI=1S/C22H27F3N6O/c1-6-21(5,19(32)28-13-22(23,24)25)30-16-9-11-26-17(29-16)15-12-31(20(2,3)4)18-14(15)8-7-10-27-18/h7-12H,6,13H2,1-5H3,(H,28,32)(H,26,29,30)/t21-/m1/s1. The maximum atomic E-state index is 12.5. The molecule has 2 N–H and O–H groups in total. The van der Waals surface area contributed by atoms with Crippen LogP contribution >= 0.6 is 0 Å². The van der Waals surface area contributed by atoms with Crippen LogP contribution in [0.5, 0.6) is 0 Å². The van der Waals surface area contributed by atoms with Crippen molar-refractivity contribution in [2.75, 3.05) is 11.9 Å². The van der Waals surface area contributed by atoms with E-state index in [0.29, 0.717) is 11.6 Å². The van der Waals surface area contributed by atoms with Gasteiger partial charge in [-0.25, -0.2) is 15.0 Å². The Morgan fingerprint density at radius 2 is 1.81 bits per heavy atom. The fourth-order valence-electron chi connectivity index (χ4n) is 3.27. The highest BCUT2D eigenvalue weighted by Gasteiger charge is 2.35. The van der Waals surface area contributed by atoms with Crippen LogP contribution in [0.15, 0.2) is 36.8 Å². The Labute approximate surface area is 184 Å². The summed E-state index contributed by atoms with van der Waals surface area (Å²) in [5.41, 5.74) is 0.0592. The van der Waals surface area contributed by atoms with Crippen molar-refractivity contribution in [2.24, 2.45) is 0 Å². The van der Waals surface area contributed by atoms with Crippen molar-refractivity contribution in [3.8, 4) is 11.4 Å².